The summed E-state index contributed by atoms with van der Waals surface area (Å²) in [6, 6.07) is 0.407. The normalized spacial score (nSPS) is 17.9. The highest BCUT2D eigenvalue weighted by Crippen LogP contribution is 2.13. The number of guanidine groups is 1. The molecule has 10 heteroatoms. The average molecular weight is 496 g/mol. The Hall–Kier alpha value is -0.980. The molecule has 2 rings (SSSR count). The number of hydrogen-bond acceptors (Lipinski definition) is 7. The fourth-order valence-corrected chi connectivity index (χ4v) is 2.70. The molecule has 0 saturated carbocycles. The van der Waals surface area contributed by atoms with Gasteiger partial charge in [0.05, 0.1) is 13.2 Å². The van der Waals surface area contributed by atoms with Crippen molar-refractivity contribution in [3.63, 3.8) is 0 Å². The molecule has 1 aliphatic rings. The van der Waals surface area contributed by atoms with Crippen LogP contribution in [0, 0.1) is 0 Å². The third-order valence-corrected chi connectivity index (χ3v) is 4.21. The van der Waals surface area contributed by atoms with Gasteiger partial charge < -0.3 is 24.6 Å². The molecular formula is C17H33IN6O3. The number of aromatic nitrogens is 2. The summed E-state index contributed by atoms with van der Waals surface area (Å²) in [7, 11) is 0. The zero-order valence-electron chi connectivity index (χ0n) is 16.7. The minimum absolute atomic E-state index is 0. The first-order valence-corrected chi connectivity index (χ1v) is 9.42. The molecule has 0 amide bonds. The van der Waals surface area contributed by atoms with Gasteiger partial charge in [-0.1, -0.05) is 5.16 Å². The van der Waals surface area contributed by atoms with Gasteiger partial charge in [-0.2, -0.15) is 4.98 Å². The van der Waals surface area contributed by atoms with E-state index in [0.717, 1.165) is 45.4 Å². The van der Waals surface area contributed by atoms with Gasteiger partial charge in [-0.3, -0.25) is 4.90 Å². The Labute approximate surface area is 178 Å². The Kier molecular flexibility index (Phi) is 11.8. The van der Waals surface area contributed by atoms with Crippen molar-refractivity contribution in [1.82, 2.24) is 25.7 Å². The molecule has 2 N–H and O–H groups in total. The molecule has 1 fully saturated rings. The van der Waals surface area contributed by atoms with Crippen LogP contribution in [0.1, 0.15) is 45.5 Å². The summed E-state index contributed by atoms with van der Waals surface area (Å²) in [6.45, 7) is 14.2. The summed E-state index contributed by atoms with van der Waals surface area (Å²) in [4.78, 5) is 11.3. The summed E-state index contributed by atoms with van der Waals surface area (Å²) >= 11 is 0. The average Bonchev–Trinajstić information content (AvgIpc) is 3.14. The van der Waals surface area contributed by atoms with Crippen molar-refractivity contribution < 1.29 is 14.0 Å². The number of nitrogens with zero attached hydrogens (tertiary/aromatic N) is 4. The van der Waals surface area contributed by atoms with Gasteiger partial charge in [-0.05, 0) is 27.7 Å². The van der Waals surface area contributed by atoms with Gasteiger partial charge in [0.25, 0.3) is 0 Å². The van der Waals surface area contributed by atoms with E-state index in [0.29, 0.717) is 30.9 Å². The van der Waals surface area contributed by atoms with Crippen LogP contribution in [0.15, 0.2) is 9.52 Å². The van der Waals surface area contributed by atoms with E-state index in [4.69, 9.17) is 14.0 Å². The molecule has 0 aliphatic carbocycles. The van der Waals surface area contributed by atoms with Crippen LogP contribution in [0.3, 0.4) is 0 Å². The maximum absolute atomic E-state index is 5.47. The van der Waals surface area contributed by atoms with E-state index >= 15 is 0 Å². The Balaban J connectivity index is 0.00000364. The van der Waals surface area contributed by atoms with Gasteiger partial charge in [0.15, 0.2) is 11.8 Å². The molecule has 1 aromatic heterocycles. The van der Waals surface area contributed by atoms with Crippen LogP contribution in [-0.2, 0) is 16.0 Å². The van der Waals surface area contributed by atoms with E-state index in [1.807, 2.05) is 20.8 Å². The van der Waals surface area contributed by atoms with Gasteiger partial charge in [0.1, 0.15) is 12.6 Å². The second-order valence-corrected chi connectivity index (χ2v) is 6.22. The molecule has 2 atom stereocenters. The molecule has 1 saturated heterocycles. The van der Waals surface area contributed by atoms with Crippen LogP contribution >= 0.6 is 24.0 Å². The van der Waals surface area contributed by atoms with Crippen LogP contribution in [-0.4, -0.2) is 73.0 Å². The van der Waals surface area contributed by atoms with Crippen molar-refractivity contribution in [1.29, 1.82) is 0 Å². The number of hydrogen-bond donors (Lipinski definition) is 2. The van der Waals surface area contributed by atoms with Crippen LogP contribution in [0.5, 0.6) is 0 Å². The minimum atomic E-state index is -0.179. The number of aliphatic imine (C=N–C) groups is 1. The van der Waals surface area contributed by atoms with Crippen LogP contribution in [0.25, 0.3) is 0 Å². The monoisotopic (exact) mass is 496 g/mol. The smallest absolute Gasteiger partial charge is 0.248 e. The Morgan fingerprint density at radius 1 is 1.26 bits per heavy atom. The first kappa shape index (κ1) is 24.1. The predicted octanol–water partition coefficient (Wildman–Crippen LogP) is 1.56. The molecule has 2 heterocycles. The number of ether oxygens (including phenoxy) is 2. The third-order valence-electron chi connectivity index (χ3n) is 4.21. The van der Waals surface area contributed by atoms with Crippen LogP contribution in [0.2, 0.25) is 0 Å². The lowest BCUT2D eigenvalue weighted by molar-refractivity contribution is 0.0211. The quantitative estimate of drug-likeness (QED) is 0.302. The third kappa shape index (κ3) is 8.28. The lowest BCUT2D eigenvalue weighted by Crippen LogP contribution is -2.49. The highest BCUT2D eigenvalue weighted by Gasteiger charge is 2.17. The predicted molar refractivity (Wildman–Crippen MR) is 114 cm³/mol. The molecular weight excluding hydrogens is 463 g/mol. The molecule has 9 nitrogen and oxygen atoms in total. The largest absolute Gasteiger partial charge is 0.379 e. The fraction of sp³-hybridized carbons (Fsp3) is 0.824. The number of rotatable bonds is 9. The summed E-state index contributed by atoms with van der Waals surface area (Å²) in [6.07, 6.45) is -0.179. The van der Waals surface area contributed by atoms with Crippen molar-refractivity contribution in [3.8, 4) is 0 Å². The van der Waals surface area contributed by atoms with Crippen LogP contribution < -0.4 is 10.6 Å². The van der Waals surface area contributed by atoms with Gasteiger partial charge >= 0.3 is 0 Å². The molecule has 156 valence electrons. The molecule has 2 unspecified atom stereocenters. The first-order chi connectivity index (χ1) is 12.6. The molecule has 0 aromatic carbocycles. The van der Waals surface area contributed by atoms with Gasteiger partial charge in [0.2, 0.25) is 5.89 Å². The van der Waals surface area contributed by atoms with E-state index < -0.39 is 0 Å². The number of halogens is 1. The molecule has 0 spiro atoms. The SMILES string of the molecule is CCNC(=NCc1nc(C(C)OCC)no1)NCC(C)N1CCOCC1.I. The lowest BCUT2D eigenvalue weighted by atomic mass is 10.2. The zero-order chi connectivity index (χ0) is 18.8. The number of morpholine rings is 1. The number of nitrogens with one attached hydrogen (secondary N) is 2. The summed E-state index contributed by atoms with van der Waals surface area (Å²) in [5.41, 5.74) is 0. The maximum atomic E-state index is 5.47. The molecule has 27 heavy (non-hydrogen) atoms. The van der Waals surface area contributed by atoms with Crippen molar-refractivity contribution in [2.24, 2.45) is 4.99 Å². The molecule has 1 aliphatic heterocycles. The second-order valence-electron chi connectivity index (χ2n) is 6.22. The summed E-state index contributed by atoms with van der Waals surface area (Å²) in [5, 5.41) is 10.6. The minimum Gasteiger partial charge on any atom is -0.379 e. The van der Waals surface area contributed by atoms with E-state index in [2.05, 4.69) is 37.6 Å². The molecule has 0 radical (unpaired) electrons. The topological polar surface area (TPSA) is 97.0 Å². The van der Waals surface area contributed by atoms with Gasteiger partial charge in [-0.25, -0.2) is 4.99 Å². The standard InChI is InChI=1S/C17H32N6O3.HI/c1-5-18-17(19-11-13(3)23-7-9-24-10-8-23)20-12-15-21-16(22-26-15)14(4)25-6-2;/h13-14H,5-12H2,1-4H3,(H2,18,19,20);1H. The highest BCUT2D eigenvalue weighted by molar-refractivity contribution is 14.0. The fourth-order valence-electron chi connectivity index (χ4n) is 2.70. The second kappa shape index (κ2) is 13.2. The highest BCUT2D eigenvalue weighted by atomic mass is 127. The van der Waals surface area contributed by atoms with Crippen molar-refractivity contribution >= 4 is 29.9 Å². The molecule has 1 aromatic rings. The van der Waals surface area contributed by atoms with Gasteiger partial charge in [-0.15, -0.1) is 24.0 Å². The van der Waals surface area contributed by atoms with Crippen molar-refractivity contribution in [2.75, 3.05) is 46.0 Å². The molecule has 0 bridgehead atoms. The van der Waals surface area contributed by atoms with E-state index in [9.17, 15) is 0 Å². The first-order valence-electron chi connectivity index (χ1n) is 9.42. The van der Waals surface area contributed by atoms with Gasteiger partial charge in [0, 0.05) is 38.8 Å². The summed E-state index contributed by atoms with van der Waals surface area (Å²) in [5.74, 6) is 1.77. The van der Waals surface area contributed by atoms with Crippen molar-refractivity contribution in [2.45, 2.75) is 46.4 Å². The van der Waals surface area contributed by atoms with E-state index in [1.165, 1.54) is 0 Å². The maximum Gasteiger partial charge on any atom is 0.248 e. The van der Waals surface area contributed by atoms with Crippen LogP contribution in [0.4, 0.5) is 0 Å². The lowest BCUT2D eigenvalue weighted by Gasteiger charge is -2.32. The van der Waals surface area contributed by atoms with E-state index in [-0.39, 0.29) is 30.1 Å². The Morgan fingerprint density at radius 3 is 2.67 bits per heavy atom. The Bertz CT molecular complexity index is 551. The van der Waals surface area contributed by atoms with E-state index in [1.54, 1.807) is 0 Å². The van der Waals surface area contributed by atoms with Crippen molar-refractivity contribution in [3.05, 3.63) is 11.7 Å². The Morgan fingerprint density at radius 2 is 2.00 bits per heavy atom. The summed E-state index contributed by atoms with van der Waals surface area (Å²) < 4.78 is 16.1. The zero-order valence-corrected chi connectivity index (χ0v) is 19.1.